The quantitative estimate of drug-likeness (QED) is 0.338. The molecule has 3 aliphatic heterocycles. The van der Waals surface area contributed by atoms with E-state index in [4.69, 9.17) is 18.9 Å². The Morgan fingerprint density at radius 2 is 1.82 bits per heavy atom. The number of nitrogens with zero attached hydrogens (tertiary/aromatic N) is 3. The van der Waals surface area contributed by atoms with Gasteiger partial charge in [-0.3, -0.25) is 9.59 Å². The molecule has 0 unspecified atom stereocenters. The van der Waals surface area contributed by atoms with Gasteiger partial charge in [-0.15, -0.1) is 0 Å². The standard InChI is InChI=1S/C32H33N3O9S/c1-3-31(30(38)41-4-2,25-19-27-32(42-16-17-43-32)13-15-34(27)28(36)24(25)20-33)44-29(37)26-10-7-14-35(26)45(39,40)23-12-11-21-8-5-6-9-22(21)18-23/h5-6,8-9,11-12,18-19,26H,3-4,7,10,13-17H2,1-2H3/t26-,31+/m1/s1. The molecule has 45 heavy (non-hydrogen) atoms. The van der Waals surface area contributed by atoms with Crippen molar-refractivity contribution in [1.82, 2.24) is 8.87 Å². The van der Waals surface area contributed by atoms with Gasteiger partial charge in [0.2, 0.25) is 21.4 Å². The van der Waals surface area contributed by atoms with E-state index in [1.54, 1.807) is 32.0 Å². The third-order valence-electron chi connectivity index (χ3n) is 8.84. The lowest BCUT2D eigenvalue weighted by molar-refractivity contribution is -0.187. The van der Waals surface area contributed by atoms with Gasteiger partial charge >= 0.3 is 11.9 Å². The summed E-state index contributed by atoms with van der Waals surface area (Å²) in [4.78, 5) is 41.4. The molecule has 0 radical (unpaired) electrons. The Kier molecular flexibility index (Phi) is 8.03. The van der Waals surface area contributed by atoms with Crippen molar-refractivity contribution in [3.05, 3.63) is 75.7 Å². The van der Waals surface area contributed by atoms with Gasteiger partial charge in [-0.05, 0) is 55.2 Å². The van der Waals surface area contributed by atoms with Crippen molar-refractivity contribution in [1.29, 1.82) is 5.26 Å². The highest BCUT2D eigenvalue weighted by molar-refractivity contribution is 7.89. The minimum absolute atomic E-state index is 0.0216. The van der Waals surface area contributed by atoms with E-state index in [2.05, 4.69) is 0 Å². The van der Waals surface area contributed by atoms with Crippen molar-refractivity contribution in [2.75, 3.05) is 26.4 Å². The fourth-order valence-corrected chi connectivity index (χ4v) is 8.25. The highest BCUT2D eigenvalue weighted by Gasteiger charge is 2.53. The summed E-state index contributed by atoms with van der Waals surface area (Å²) in [5.41, 5.74) is -3.14. The van der Waals surface area contributed by atoms with E-state index >= 15 is 0 Å². The molecule has 2 saturated heterocycles. The average molecular weight is 636 g/mol. The molecule has 236 valence electrons. The normalized spacial score (nSPS) is 20.5. The summed E-state index contributed by atoms with van der Waals surface area (Å²) < 4.78 is 53.3. The van der Waals surface area contributed by atoms with Crippen LogP contribution in [-0.4, -0.2) is 61.6 Å². The topological polar surface area (TPSA) is 154 Å². The van der Waals surface area contributed by atoms with Gasteiger partial charge in [0.1, 0.15) is 17.7 Å². The molecule has 0 saturated carbocycles. The lowest BCUT2D eigenvalue weighted by atomic mass is 9.86. The van der Waals surface area contributed by atoms with Crippen LogP contribution in [0, 0.1) is 11.3 Å². The van der Waals surface area contributed by atoms with Crippen LogP contribution in [0.15, 0.2) is 58.2 Å². The number of hydrogen-bond donors (Lipinski definition) is 0. The van der Waals surface area contributed by atoms with Gasteiger partial charge in [0.25, 0.3) is 5.56 Å². The maximum absolute atomic E-state index is 14.0. The molecule has 2 atom stereocenters. The van der Waals surface area contributed by atoms with Crippen molar-refractivity contribution in [3.8, 4) is 6.07 Å². The number of fused-ring (bicyclic) bond motifs is 3. The molecule has 4 heterocycles. The Bertz CT molecular complexity index is 1890. The third kappa shape index (κ3) is 4.93. The molecule has 0 N–H and O–H groups in total. The van der Waals surface area contributed by atoms with E-state index in [0.717, 1.165) is 15.1 Å². The number of pyridine rings is 1. The highest BCUT2D eigenvalue weighted by atomic mass is 32.2. The summed E-state index contributed by atoms with van der Waals surface area (Å²) in [7, 11) is -4.15. The molecular weight excluding hydrogens is 602 g/mol. The lowest BCUT2D eigenvalue weighted by Crippen LogP contribution is -2.49. The second-order valence-corrected chi connectivity index (χ2v) is 13.1. The summed E-state index contributed by atoms with van der Waals surface area (Å²) in [6.45, 7) is 3.93. The van der Waals surface area contributed by atoms with Gasteiger partial charge in [-0.2, -0.15) is 9.57 Å². The van der Waals surface area contributed by atoms with Gasteiger partial charge in [-0.25, -0.2) is 13.2 Å². The predicted octanol–water partition coefficient (Wildman–Crippen LogP) is 3.04. The second kappa shape index (κ2) is 11.7. The predicted molar refractivity (Wildman–Crippen MR) is 159 cm³/mol. The van der Waals surface area contributed by atoms with Crippen molar-refractivity contribution in [2.45, 2.75) is 68.4 Å². The third-order valence-corrected chi connectivity index (χ3v) is 10.7. The Morgan fingerprint density at radius 3 is 2.51 bits per heavy atom. The van der Waals surface area contributed by atoms with Crippen molar-refractivity contribution >= 4 is 32.7 Å². The number of hydrogen-bond acceptors (Lipinski definition) is 10. The van der Waals surface area contributed by atoms with Crippen LogP contribution in [0.5, 0.6) is 0 Å². The molecule has 3 aliphatic rings. The number of benzene rings is 2. The van der Waals surface area contributed by atoms with Crippen LogP contribution in [0.4, 0.5) is 0 Å². The molecule has 13 heteroatoms. The van der Waals surface area contributed by atoms with Gasteiger partial charge in [0, 0.05) is 25.1 Å². The van der Waals surface area contributed by atoms with Crippen LogP contribution in [0.3, 0.4) is 0 Å². The molecule has 0 bridgehead atoms. The zero-order valence-corrected chi connectivity index (χ0v) is 25.8. The molecular formula is C32H33N3O9S. The number of esters is 2. The number of rotatable bonds is 8. The zero-order valence-electron chi connectivity index (χ0n) is 25.0. The van der Waals surface area contributed by atoms with Gasteiger partial charge < -0.3 is 23.5 Å². The summed E-state index contributed by atoms with van der Waals surface area (Å²) >= 11 is 0. The fraction of sp³-hybridized carbons (Fsp3) is 0.438. The van der Waals surface area contributed by atoms with E-state index in [-0.39, 0.29) is 48.6 Å². The first kappa shape index (κ1) is 30.9. The SMILES string of the molecule is CCOC(=O)[C@@](CC)(OC(=O)[C@H]1CCCN1S(=O)(=O)c1ccc2ccccc2c1)c1cc2n(c(=O)c1C#N)CCC21OCCO1. The number of nitriles is 1. The van der Waals surface area contributed by atoms with Crippen LogP contribution < -0.4 is 5.56 Å². The molecule has 1 aromatic heterocycles. The number of aromatic nitrogens is 1. The largest absolute Gasteiger partial charge is 0.463 e. The lowest BCUT2D eigenvalue weighted by Gasteiger charge is -2.34. The van der Waals surface area contributed by atoms with Crippen LogP contribution in [0.1, 0.15) is 56.4 Å². The van der Waals surface area contributed by atoms with Crippen LogP contribution in [0.2, 0.25) is 0 Å². The average Bonchev–Trinajstić information content (AvgIpc) is 3.81. The van der Waals surface area contributed by atoms with E-state index < -0.39 is 45.0 Å². The molecule has 6 rings (SSSR count). The van der Waals surface area contributed by atoms with Crippen molar-refractivity contribution in [2.24, 2.45) is 0 Å². The fourth-order valence-electron chi connectivity index (χ4n) is 6.57. The minimum Gasteiger partial charge on any atom is -0.463 e. The van der Waals surface area contributed by atoms with Crippen LogP contribution in [0.25, 0.3) is 10.8 Å². The molecule has 0 aliphatic carbocycles. The first-order valence-corrected chi connectivity index (χ1v) is 16.4. The number of sulfonamides is 1. The zero-order chi connectivity index (χ0) is 32.0. The van der Waals surface area contributed by atoms with Gasteiger partial charge in [0.05, 0.1) is 30.4 Å². The Balaban J connectivity index is 1.41. The number of carbonyl (C=O) groups is 2. The highest BCUT2D eigenvalue weighted by Crippen LogP contribution is 2.43. The molecule has 3 aromatic rings. The summed E-state index contributed by atoms with van der Waals surface area (Å²) in [6, 6.07) is 14.2. The van der Waals surface area contributed by atoms with Crippen molar-refractivity contribution in [3.63, 3.8) is 0 Å². The van der Waals surface area contributed by atoms with E-state index in [0.29, 0.717) is 31.7 Å². The van der Waals surface area contributed by atoms with E-state index in [1.807, 2.05) is 24.3 Å². The maximum atomic E-state index is 14.0. The Labute approximate surface area is 260 Å². The van der Waals surface area contributed by atoms with E-state index in [9.17, 15) is 28.1 Å². The first-order valence-electron chi connectivity index (χ1n) is 15.0. The second-order valence-electron chi connectivity index (χ2n) is 11.2. The first-order chi connectivity index (χ1) is 21.6. The Morgan fingerprint density at radius 1 is 1.09 bits per heavy atom. The monoisotopic (exact) mass is 635 g/mol. The molecule has 0 amide bonds. The van der Waals surface area contributed by atoms with Gasteiger partial charge in [0.15, 0.2) is 0 Å². The molecule has 2 aromatic carbocycles. The number of carbonyl (C=O) groups excluding carboxylic acids is 2. The summed E-state index contributed by atoms with van der Waals surface area (Å²) in [5, 5.41) is 11.7. The Hall–Kier alpha value is -4.09. The molecule has 12 nitrogen and oxygen atoms in total. The molecule has 2 fully saturated rings. The summed E-state index contributed by atoms with van der Waals surface area (Å²) in [5.74, 6) is -3.21. The van der Waals surface area contributed by atoms with Crippen LogP contribution >= 0.6 is 0 Å². The summed E-state index contributed by atoms with van der Waals surface area (Å²) in [6.07, 6.45) is 0.648. The van der Waals surface area contributed by atoms with Crippen molar-refractivity contribution < 1.29 is 37.0 Å². The van der Waals surface area contributed by atoms with Gasteiger partial charge in [-0.1, -0.05) is 37.3 Å². The van der Waals surface area contributed by atoms with Crippen LogP contribution in [-0.2, 0) is 56.5 Å². The number of ether oxygens (including phenoxy) is 4. The minimum atomic E-state index is -4.15. The maximum Gasteiger partial charge on any atom is 0.355 e. The molecule has 1 spiro atoms. The smallest absolute Gasteiger partial charge is 0.355 e. The van der Waals surface area contributed by atoms with E-state index in [1.165, 1.54) is 16.7 Å².